The maximum atomic E-state index is 5.30. The quantitative estimate of drug-likeness (QED) is 0.586. The van der Waals surface area contributed by atoms with Crippen LogP contribution in [0.3, 0.4) is 0 Å². The molecule has 0 aromatic carbocycles. The van der Waals surface area contributed by atoms with Crippen LogP contribution in [0.2, 0.25) is 0 Å². The summed E-state index contributed by atoms with van der Waals surface area (Å²) in [5.41, 5.74) is 0. The molecule has 0 aromatic rings. The second-order valence-electron chi connectivity index (χ2n) is 4.13. The summed E-state index contributed by atoms with van der Waals surface area (Å²) in [7, 11) is 4.32. The molecule has 0 bridgehead atoms. The van der Waals surface area contributed by atoms with Crippen LogP contribution >= 0.6 is 0 Å². The Hall–Kier alpha value is -0.520. The maximum Gasteiger partial charge on any atom is 0.0598 e. The Bertz CT molecular complexity index is 195. The summed E-state index contributed by atoms with van der Waals surface area (Å²) in [4.78, 5) is 4.71. The van der Waals surface area contributed by atoms with E-state index in [0.29, 0.717) is 12.1 Å². The number of terminal acetylenes is 1. The third-order valence-electron chi connectivity index (χ3n) is 3.14. The van der Waals surface area contributed by atoms with Crippen LogP contribution in [-0.2, 0) is 0 Å². The van der Waals surface area contributed by atoms with E-state index in [-0.39, 0.29) is 0 Å². The lowest BCUT2D eigenvalue weighted by Gasteiger charge is -2.38. The molecule has 0 radical (unpaired) electrons. The number of hydrogen-bond donors (Lipinski definition) is 0. The van der Waals surface area contributed by atoms with Gasteiger partial charge in [-0.3, -0.25) is 4.90 Å². The highest BCUT2D eigenvalue weighted by atomic mass is 15.2. The first kappa shape index (κ1) is 10.6. The first-order chi connectivity index (χ1) is 6.15. The van der Waals surface area contributed by atoms with Crippen molar-refractivity contribution >= 4 is 0 Å². The fourth-order valence-electron chi connectivity index (χ4n) is 1.94. The van der Waals surface area contributed by atoms with Crippen LogP contribution in [0, 0.1) is 12.3 Å². The maximum absolute atomic E-state index is 5.30. The highest BCUT2D eigenvalue weighted by Crippen LogP contribution is 2.18. The normalized spacial score (nSPS) is 30.4. The minimum atomic E-state index is 0.683. The van der Waals surface area contributed by atoms with Gasteiger partial charge in [-0.2, -0.15) is 0 Å². The van der Waals surface area contributed by atoms with Crippen molar-refractivity contribution in [3.8, 4) is 12.3 Å². The van der Waals surface area contributed by atoms with E-state index >= 15 is 0 Å². The van der Waals surface area contributed by atoms with Gasteiger partial charge < -0.3 is 4.90 Å². The van der Waals surface area contributed by atoms with Gasteiger partial charge in [0.05, 0.1) is 6.54 Å². The average Bonchev–Trinajstić information content (AvgIpc) is 2.10. The Morgan fingerprint density at radius 2 is 2.31 bits per heavy atom. The summed E-state index contributed by atoms with van der Waals surface area (Å²) in [6.07, 6.45) is 7.79. The van der Waals surface area contributed by atoms with Crippen LogP contribution in [-0.4, -0.2) is 49.1 Å². The van der Waals surface area contributed by atoms with Crippen molar-refractivity contribution in [3.05, 3.63) is 0 Å². The molecule has 0 aromatic heterocycles. The fraction of sp³-hybridized carbons (Fsp3) is 0.818. The van der Waals surface area contributed by atoms with Crippen LogP contribution in [0.4, 0.5) is 0 Å². The second kappa shape index (κ2) is 4.64. The molecule has 2 unspecified atom stereocenters. The molecule has 1 heterocycles. The first-order valence-electron chi connectivity index (χ1n) is 4.99. The number of rotatable bonds is 2. The molecule has 0 amide bonds. The predicted molar refractivity (Wildman–Crippen MR) is 56.6 cm³/mol. The van der Waals surface area contributed by atoms with Gasteiger partial charge in [-0.25, -0.2) is 0 Å². The summed E-state index contributed by atoms with van der Waals surface area (Å²) in [6, 6.07) is 1.38. The van der Waals surface area contributed by atoms with Crippen molar-refractivity contribution < 1.29 is 0 Å². The molecular weight excluding hydrogens is 160 g/mol. The van der Waals surface area contributed by atoms with E-state index in [4.69, 9.17) is 6.42 Å². The number of nitrogens with zero attached hydrogens (tertiary/aromatic N) is 2. The Balaban J connectivity index is 2.41. The van der Waals surface area contributed by atoms with Gasteiger partial charge in [-0.15, -0.1) is 6.42 Å². The van der Waals surface area contributed by atoms with Crippen molar-refractivity contribution in [2.75, 3.05) is 27.2 Å². The largest absolute Gasteiger partial charge is 0.304 e. The summed E-state index contributed by atoms with van der Waals surface area (Å²) in [5.74, 6) is 2.70. The van der Waals surface area contributed by atoms with E-state index in [1.807, 2.05) is 0 Å². The van der Waals surface area contributed by atoms with Gasteiger partial charge in [0.15, 0.2) is 0 Å². The Morgan fingerprint density at radius 1 is 1.62 bits per heavy atom. The zero-order valence-electron chi connectivity index (χ0n) is 8.95. The van der Waals surface area contributed by atoms with Crippen molar-refractivity contribution in [1.82, 2.24) is 9.80 Å². The Morgan fingerprint density at radius 3 is 2.85 bits per heavy atom. The van der Waals surface area contributed by atoms with Gasteiger partial charge in [0.1, 0.15) is 0 Å². The molecule has 13 heavy (non-hydrogen) atoms. The van der Waals surface area contributed by atoms with Crippen LogP contribution in [0.5, 0.6) is 0 Å². The average molecular weight is 180 g/mol. The molecule has 2 nitrogen and oxygen atoms in total. The van der Waals surface area contributed by atoms with Crippen LogP contribution in [0.15, 0.2) is 0 Å². The molecular formula is C11H20N2. The number of likely N-dealkylation sites (tertiary alicyclic amines) is 1. The third-order valence-corrected chi connectivity index (χ3v) is 3.14. The lowest BCUT2D eigenvalue weighted by Crippen LogP contribution is -2.46. The molecule has 0 N–H and O–H groups in total. The molecule has 1 fully saturated rings. The van der Waals surface area contributed by atoms with Crippen molar-refractivity contribution in [3.63, 3.8) is 0 Å². The molecule has 1 saturated heterocycles. The SMILES string of the molecule is C#CCN(C)C1CCN(C)C(C)C1. The Labute approximate surface area is 81.9 Å². The molecule has 74 valence electrons. The van der Waals surface area contributed by atoms with Crippen LogP contribution < -0.4 is 0 Å². The van der Waals surface area contributed by atoms with Crippen molar-refractivity contribution in [2.45, 2.75) is 31.8 Å². The summed E-state index contributed by atoms with van der Waals surface area (Å²) >= 11 is 0. The van der Waals surface area contributed by atoms with E-state index in [1.165, 1.54) is 19.4 Å². The van der Waals surface area contributed by atoms with E-state index < -0.39 is 0 Å². The van der Waals surface area contributed by atoms with Gasteiger partial charge in [0.2, 0.25) is 0 Å². The van der Waals surface area contributed by atoms with Crippen molar-refractivity contribution in [2.24, 2.45) is 0 Å². The zero-order chi connectivity index (χ0) is 9.84. The third kappa shape index (κ3) is 2.72. The zero-order valence-corrected chi connectivity index (χ0v) is 8.95. The molecule has 0 spiro atoms. The first-order valence-corrected chi connectivity index (χ1v) is 4.99. The number of piperidine rings is 1. The van der Waals surface area contributed by atoms with Gasteiger partial charge in [0, 0.05) is 12.1 Å². The molecule has 1 rings (SSSR count). The molecule has 0 aliphatic carbocycles. The number of hydrogen-bond acceptors (Lipinski definition) is 2. The lowest BCUT2D eigenvalue weighted by atomic mass is 9.98. The predicted octanol–water partition coefficient (Wildman–Crippen LogP) is 1.03. The minimum absolute atomic E-state index is 0.683. The Kier molecular flexibility index (Phi) is 3.77. The van der Waals surface area contributed by atoms with Crippen LogP contribution in [0.1, 0.15) is 19.8 Å². The molecule has 2 atom stereocenters. The monoisotopic (exact) mass is 180 g/mol. The van der Waals surface area contributed by atoms with E-state index in [0.717, 1.165) is 6.54 Å². The second-order valence-corrected chi connectivity index (χ2v) is 4.13. The topological polar surface area (TPSA) is 6.48 Å². The highest BCUT2D eigenvalue weighted by Gasteiger charge is 2.24. The molecule has 2 heteroatoms. The summed E-state index contributed by atoms with van der Waals surface area (Å²) < 4.78 is 0. The van der Waals surface area contributed by atoms with Gasteiger partial charge in [0.25, 0.3) is 0 Å². The molecule has 1 aliphatic rings. The summed E-state index contributed by atoms with van der Waals surface area (Å²) in [5, 5.41) is 0. The van der Waals surface area contributed by atoms with Crippen molar-refractivity contribution in [1.29, 1.82) is 0 Å². The van der Waals surface area contributed by atoms with E-state index in [2.05, 4.69) is 36.7 Å². The van der Waals surface area contributed by atoms with Gasteiger partial charge in [-0.1, -0.05) is 5.92 Å². The fourth-order valence-corrected chi connectivity index (χ4v) is 1.94. The smallest absolute Gasteiger partial charge is 0.0598 e. The minimum Gasteiger partial charge on any atom is -0.304 e. The summed E-state index contributed by atoms with van der Waals surface area (Å²) in [6.45, 7) is 4.26. The van der Waals surface area contributed by atoms with E-state index in [9.17, 15) is 0 Å². The standard InChI is InChI=1S/C11H20N2/c1-5-7-13(4)11-6-8-12(3)10(2)9-11/h1,10-11H,6-9H2,2-4H3. The van der Waals surface area contributed by atoms with E-state index in [1.54, 1.807) is 0 Å². The van der Waals surface area contributed by atoms with Gasteiger partial charge >= 0.3 is 0 Å². The van der Waals surface area contributed by atoms with Crippen LogP contribution in [0.25, 0.3) is 0 Å². The van der Waals surface area contributed by atoms with Gasteiger partial charge in [-0.05, 0) is 40.4 Å². The lowest BCUT2D eigenvalue weighted by molar-refractivity contribution is 0.113. The molecule has 0 saturated carbocycles. The molecule has 1 aliphatic heterocycles. The highest BCUT2D eigenvalue weighted by molar-refractivity contribution is 4.91.